The largest absolute Gasteiger partial charge is 0.466 e. The fourth-order valence-corrected chi connectivity index (χ4v) is 2.15. The monoisotopic (exact) mass is 286 g/mol. The van der Waals surface area contributed by atoms with Gasteiger partial charge in [0.15, 0.2) is 0 Å². The maximum absolute atomic E-state index is 11.4. The highest BCUT2D eigenvalue weighted by atomic mass is 16.5. The maximum atomic E-state index is 11.4. The average molecular weight is 286 g/mol. The molecule has 0 radical (unpaired) electrons. The van der Waals surface area contributed by atoms with Gasteiger partial charge in [-0.15, -0.1) is 0 Å². The van der Waals surface area contributed by atoms with Crippen LogP contribution in [0, 0.1) is 0 Å². The van der Waals surface area contributed by atoms with Crippen LogP contribution in [0.1, 0.15) is 84.5 Å². The van der Waals surface area contributed by atoms with Gasteiger partial charge in [-0.1, -0.05) is 64.7 Å². The van der Waals surface area contributed by atoms with Crippen molar-refractivity contribution in [1.29, 1.82) is 0 Å². The second-order valence-corrected chi connectivity index (χ2v) is 5.65. The van der Waals surface area contributed by atoms with Gasteiger partial charge in [0.25, 0.3) is 0 Å². The summed E-state index contributed by atoms with van der Waals surface area (Å²) in [5.74, 6) is -0.143. The van der Waals surface area contributed by atoms with Crippen molar-refractivity contribution in [2.24, 2.45) is 0 Å². The fraction of sp³-hybridized carbons (Fsp3) is 0.941. The van der Waals surface area contributed by atoms with Crippen molar-refractivity contribution in [2.45, 2.75) is 90.6 Å². The van der Waals surface area contributed by atoms with E-state index in [9.17, 15) is 4.79 Å². The third-order valence-electron chi connectivity index (χ3n) is 3.62. The summed E-state index contributed by atoms with van der Waals surface area (Å²) in [6, 6.07) is 0. The zero-order chi connectivity index (χ0) is 15.1. The molecular formula is C17H34O3. The highest BCUT2D eigenvalue weighted by molar-refractivity contribution is 5.69. The summed E-state index contributed by atoms with van der Waals surface area (Å²) in [5.41, 5.74) is 0. The molecule has 0 aromatic carbocycles. The molecule has 0 aromatic heterocycles. The molecular weight excluding hydrogens is 252 g/mol. The molecule has 0 amide bonds. The normalized spacial score (nSPS) is 12.3. The van der Waals surface area contributed by atoms with E-state index >= 15 is 0 Å². The van der Waals surface area contributed by atoms with Crippen molar-refractivity contribution < 1.29 is 14.3 Å². The molecule has 0 aromatic rings. The van der Waals surface area contributed by atoms with Gasteiger partial charge in [-0.05, 0) is 13.3 Å². The molecule has 0 rings (SSSR count). The molecule has 0 fully saturated rings. The van der Waals surface area contributed by atoms with Crippen molar-refractivity contribution in [3.63, 3.8) is 0 Å². The van der Waals surface area contributed by atoms with Gasteiger partial charge in [0.05, 0.1) is 19.1 Å². The molecule has 0 aliphatic rings. The molecule has 0 aliphatic heterocycles. The van der Waals surface area contributed by atoms with E-state index in [0.717, 1.165) is 6.42 Å². The van der Waals surface area contributed by atoms with E-state index in [1.165, 1.54) is 57.8 Å². The number of rotatable bonds is 14. The Morgan fingerprint density at radius 2 is 1.40 bits per heavy atom. The molecule has 0 spiro atoms. The lowest BCUT2D eigenvalue weighted by Crippen LogP contribution is -2.15. The zero-order valence-electron chi connectivity index (χ0n) is 13.8. The third-order valence-corrected chi connectivity index (χ3v) is 3.62. The smallest absolute Gasteiger partial charge is 0.308 e. The van der Waals surface area contributed by atoms with Crippen LogP contribution in [-0.2, 0) is 14.3 Å². The van der Waals surface area contributed by atoms with E-state index in [2.05, 4.69) is 6.92 Å². The number of hydrogen-bond donors (Lipinski definition) is 0. The summed E-state index contributed by atoms with van der Waals surface area (Å²) < 4.78 is 10.2. The Labute approximate surface area is 125 Å². The molecule has 0 saturated heterocycles. The molecule has 0 aliphatic carbocycles. The minimum atomic E-state index is -0.143. The minimum absolute atomic E-state index is 0.0461. The summed E-state index contributed by atoms with van der Waals surface area (Å²) >= 11 is 0. The van der Waals surface area contributed by atoms with Gasteiger partial charge in [0.1, 0.15) is 0 Å². The van der Waals surface area contributed by atoms with Crippen LogP contribution in [0.25, 0.3) is 0 Å². The number of esters is 1. The van der Waals surface area contributed by atoms with Crippen LogP contribution in [-0.4, -0.2) is 25.8 Å². The van der Waals surface area contributed by atoms with E-state index < -0.39 is 0 Å². The topological polar surface area (TPSA) is 35.5 Å². The quantitative estimate of drug-likeness (QED) is 0.337. The molecule has 0 saturated carbocycles. The van der Waals surface area contributed by atoms with Crippen LogP contribution in [0.3, 0.4) is 0 Å². The molecule has 3 nitrogen and oxygen atoms in total. The zero-order valence-corrected chi connectivity index (χ0v) is 13.8. The summed E-state index contributed by atoms with van der Waals surface area (Å²) in [4.78, 5) is 11.4. The van der Waals surface area contributed by atoms with E-state index in [1.54, 1.807) is 7.11 Å². The van der Waals surface area contributed by atoms with Crippen LogP contribution in [0.5, 0.6) is 0 Å². The SMILES string of the molecule is CCCCCCCCCCCCOC(=O)CC(C)OC. The lowest BCUT2D eigenvalue weighted by atomic mass is 10.1. The molecule has 3 heteroatoms. The number of carbonyl (C=O) groups excluding carboxylic acids is 1. The average Bonchev–Trinajstić information content (AvgIpc) is 2.44. The molecule has 1 atom stereocenters. The van der Waals surface area contributed by atoms with Gasteiger partial charge in [-0.25, -0.2) is 0 Å². The number of methoxy groups -OCH3 is 1. The predicted molar refractivity (Wildman–Crippen MR) is 83.9 cm³/mol. The van der Waals surface area contributed by atoms with Crippen LogP contribution in [0.15, 0.2) is 0 Å². The number of ether oxygens (including phenoxy) is 2. The lowest BCUT2D eigenvalue weighted by molar-refractivity contribution is -0.146. The second kappa shape index (κ2) is 14.8. The molecule has 20 heavy (non-hydrogen) atoms. The van der Waals surface area contributed by atoms with E-state index in [-0.39, 0.29) is 12.1 Å². The highest BCUT2D eigenvalue weighted by Crippen LogP contribution is 2.10. The fourth-order valence-electron chi connectivity index (χ4n) is 2.15. The van der Waals surface area contributed by atoms with E-state index in [1.807, 2.05) is 6.92 Å². The summed E-state index contributed by atoms with van der Waals surface area (Å²) in [7, 11) is 1.61. The van der Waals surface area contributed by atoms with Crippen molar-refractivity contribution in [3.05, 3.63) is 0 Å². The summed E-state index contributed by atoms with van der Waals surface area (Å²) in [5, 5.41) is 0. The minimum Gasteiger partial charge on any atom is -0.466 e. The first-order valence-corrected chi connectivity index (χ1v) is 8.39. The highest BCUT2D eigenvalue weighted by Gasteiger charge is 2.08. The van der Waals surface area contributed by atoms with Crippen LogP contribution >= 0.6 is 0 Å². The summed E-state index contributed by atoms with van der Waals surface area (Å²) in [6.07, 6.45) is 13.3. The van der Waals surface area contributed by atoms with Gasteiger partial charge in [-0.3, -0.25) is 4.79 Å². The number of hydrogen-bond acceptors (Lipinski definition) is 3. The number of unbranched alkanes of at least 4 members (excludes halogenated alkanes) is 9. The van der Waals surface area contributed by atoms with Gasteiger partial charge in [0.2, 0.25) is 0 Å². The Balaban J connectivity index is 3.14. The molecule has 0 N–H and O–H groups in total. The van der Waals surface area contributed by atoms with Gasteiger partial charge >= 0.3 is 5.97 Å². The molecule has 120 valence electrons. The molecule has 0 bridgehead atoms. The third kappa shape index (κ3) is 13.9. The second-order valence-electron chi connectivity index (χ2n) is 5.65. The van der Waals surface area contributed by atoms with Gasteiger partial charge in [-0.2, -0.15) is 0 Å². The first-order chi connectivity index (χ1) is 9.70. The van der Waals surface area contributed by atoms with Crippen molar-refractivity contribution in [2.75, 3.05) is 13.7 Å². The lowest BCUT2D eigenvalue weighted by Gasteiger charge is -2.09. The van der Waals surface area contributed by atoms with Crippen molar-refractivity contribution >= 4 is 5.97 Å². The maximum Gasteiger partial charge on any atom is 0.308 e. The predicted octanol–water partition coefficient (Wildman–Crippen LogP) is 4.88. The van der Waals surface area contributed by atoms with Gasteiger partial charge < -0.3 is 9.47 Å². The van der Waals surface area contributed by atoms with Crippen molar-refractivity contribution in [3.8, 4) is 0 Å². The first kappa shape index (κ1) is 19.4. The van der Waals surface area contributed by atoms with E-state index in [4.69, 9.17) is 9.47 Å². The van der Waals surface area contributed by atoms with Crippen LogP contribution in [0.4, 0.5) is 0 Å². The Hall–Kier alpha value is -0.570. The van der Waals surface area contributed by atoms with Gasteiger partial charge in [0, 0.05) is 7.11 Å². The Kier molecular flexibility index (Phi) is 14.4. The molecule has 1 unspecified atom stereocenters. The van der Waals surface area contributed by atoms with Crippen molar-refractivity contribution in [1.82, 2.24) is 0 Å². The van der Waals surface area contributed by atoms with E-state index in [0.29, 0.717) is 13.0 Å². The standard InChI is InChI=1S/C17H34O3/c1-4-5-6-7-8-9-10-11-12-13-14-20-17(18)15-16(2)19-3/h16H,4-15H2,1-3H3. The molecule has 0 heterocycles. The number of carbonyl (C=O) groups is 1. The van der Waals surface area contributed by atoms with Crippen LogP contribution < -0.4 is 0 Å². The Morgan fingerprint density at radius 1 is 0.900 bits per heavy atom. The summed E-state index contributed by atoms with van der Waals surface area (Å²) in [6.45, 7) is 4.69. The Bertz CT molecular complexity index is 216. The first-order valence-electron chi connectivity index (χ1n) is 8.39. The van der Waals surface area contributed by atoms with Crippen LogP contribution in [0.2, 0.25) is 0 Å². The Morgan fingerprint density at radius 3 is 1.90 bits per heavy atom.